The second kappa shape index (κ2) is 6.80. The number of aliphatic hydroxyl groups excluding tert-OH is 1. The van der Waals surface area contributed by atoms with Gasteiger partial charge in [-0.3, -0.25) is 4.79 Å². The molecule has 0 aliphatic heterocycles. The molecule has 90 valence electrons. The van der Waals surface area contributed by atoms with Gasteiger partial charge in [-0.2, -0.15) is 0 Å². The maximum atomic E-state index is 11.1. The minimum absolute atomic E-state index is 0.0682. The predicted octanol–water partition coefficient (Wildman–Crippen LogP) is 0.936. The zero-order chi connectivity index (χ0) is 11.9. The molecule has 2 N–H and O–H groups in total. The Balaban J connectivity index is 3.62. The number of ether oxygens (including phenoxy) is 1. The first-order valence-corrected chi connectivity index (χ1v) is 5.37. The largest absolute Gasteiger partial charge is 0.391 e. The monoisotopic (exact) mass is 217 g/mol. The van der Waals surface area contributed by atoms with Crippen LogP contribution in [0.4, 0.5) is 0 Å². The number of rotatable bonds is 6. The van der Waals surface area contributed by atoms with Crippen LogP contribution in [0.5, 0.6) is 0 Å². The van der Waals surface area contributed by atoms with Crippen molar-refractivity contribution < 1.29 is 14.6 Å². The second-order valence-electron chi connectivity index (χ2n) is 4.86. The van der Waals surface area contributed by atoms with Crippen molar-refractivity contribution in [1.29, 1.82) is 0 Å². The first-order chi connectivity index (χ1) is 6.85. The van der Waals surface area contributed by atoms with Gasteiger partial charge in [-0.15, -0.1) is 0 Å². The van der Waals surface area contributed by atoms with E-state index < -0.39 is 6.10 Å². The van der Waals surface area contributed by atoms with E-state index >= 15 is 0 Å². The van der Waals surface area contributed by atoms with Crippen molar-refractivity contribution in [1.82, 2.24) is 5.32 Å². The molecule has 0 unspecified atom stereocenters. The van der Waals surface area contributed by atoms with E-state index in [9.17, 15) is 9.90 Å². The molecular formula is C11H23NO3. The van der Waals surface area contributed by atoms with Crippen molar-refractivity contribution in [2.45, 2.75) is 40.2 Å². The van der Waals surface area contributed by atoms with Gasteiger partial charge in [0.25, 0.3) is 0 Å². The van der Waals surface area contributed by atoms with Gasteiger partial charge in [0.1, 0.15) is 6.61 Å². The van der Waals surface area contributed by atoms with Crippen LogP contribution in [0.2, 0.25) is 0 Å². The lowest BCUT2D eigenvalue weighted by atomic mass is 9.89. The molecule has 0 saturated carbocycles. The van der Waals surface area contributed by atoms with Gasteiger partial charge >= 0.3 is 0 Å². The summed E-state index contributed by atoms with van der Waals surface area (Å²) in [5.74, 6) is -0.176. The van der Waals surface area contributed by atoms with E-state index in [0.717, 1.165) is 0 Å². The van der Waals surface area contributed by atoms with E-state index in [2.05, 4.69) is 26.1 Å². The van der Waals surface area contributed by atoms with Gasteiger partial charge in [-0.05, 0) is 18.8 Å². The van der Waals surface area contributed by atoms with Crippen LogP contribution in [0.15, 0.2) is 0 Å². The third-order valence-corrected chi connectivity index (χ3v) is 1.82. The summed E-state index contributed by atoms with van der Waals surface area (Å²) in [7, 11) is 0. The van der Waals surface area contributed by atoms with Gasteiger partial charge in [0.15, 0.2) is 0 Å². The number of amides is 1. The molecule has 0 saturated heterocycles. The molecule has 0 aromatic carbocycles. The first kappa shape index (κ1) is 14.4. The molecule has 0 spiro atoms. The Morgan fingerprint density at radius 3 is 2.53 bits per heavy atom. The summed E-state index contributed by atoms with van der Waals surface area (Å²) in [4.78, 5) is 11.1. The first-order valence-electron chi connectivity index (χ1n) is 5.37. The SMILES string of the molecule is CCOCC(=O)NC[C@H](O)CC(C)(C)C. The Kier molecular flexibility index (Phi) is 6.52. The molecule has 0 bridgehead atoms. The Morgan fingerprint density at radius 1 is 1.47 bits per heavy atom. The summed E-state index contributed by atoms with van der Waals surface area (Å²) in [6.45, 7) is 8.89. The average molecular weight is 217 g/mol. The lowest BCUT2D eigenvalue weighted by Crippen LogP contribution is -2.36. The molecule has 15 heavy (non-hydrogen) atoms. The van der Waals surface area contributed by atoms with Crippen molar-refractivity contribution in [2.75, 3.05) is 19.8 Å². The number of nitrogens with one attached hydrogen (secondary N) is 1. The quantitative estimate of drug-likeness (QED) is 0.696. The molecule has 0 fully saturated rings. The van der Waals surface area contributed by atoms with Crippen molar-refractivity contribution in [3.05, 3.63) is 0 Å². The smallest absolute Gasteiger partial charge is 0.246 e. The van der Waals surface area contributed by atoms with Crippen LogP contribution in [0, 0.1) is 5.41 Å². The van der Waals surface area contributed by atoms with Crippen molar-refractivity contribution in [3.63, 3.8) is 0 Å². The predicted molar refractivity (Wildman–Crippen MR) is 59.6 cm³/mol. The Labute approximate surface area is 92.0 Å². The molecule has 0 rings (SSSR count). The summed E-state index contributed by atoms with van der Waals surface area (Å²) in [6, 6.07) is 0. The van der Waals surface area contributed by atoms with Gasteiger partial charge in [0.05, 0.1) is 6.10 Å². The van der Waals surface area contributed by atoms with E-state index in [1.54, 1.807) is 0 Å². The number of aliphatic hydroxyl groups is 1. The summed E-state index contributed by atoms with van der Waals surface area (Å²) in [5, 5.41) is 12.2. The second-order valence-corrected chi connectivity index (χ2v) is 4.86. The van der Waals surface area contributed by atoms with E-state index in [-0.39, 0.29) is 17.9 Å². The highest BCUT2D eigenvalue weighted by atomic mass is 16.5. The minimum atomic E-state index is -0.490. The fourth-order valence-corrected chi connectivity index (χ4v) is 1.26. The van der Waals surface area contributed by atoms with Gasteiger partial charge in [-0.25, -0.2) is 0 Å². The highest BCUT2D eigenvalue weighted by Gasteiger charge is 2.16. The number of hydrogen-bond donors (Lipinski definition) is 2. The van der Waals surface area contributed by atoms with Gasteiger partial charge < -0.3 is 15.2 Å². The van der Waals surface area contributed by atoms with Crippen LogP contribution in [-0.4, -0.2) is 36.9 Å². The summed E-state index contributed by atoms with van der Waals surface area (Å²) >= 11 is 0. The molecule has 4 heteroatoms. The highest BCUT2D eigenvalue weighted by Crippen LogP contribution is 2.20. The van der Waals surface area contributed by atoms with Crippen LogP contribution in [0.1, 0.15) is 34.1 Å². The standard InChI is InChI=1S/C11H23NO3/c1-5-15-8-10(14)12-7-9(13)6-11(2,3)4/h9,13H,5-8H2,1-4H3,(H,12,14)/t9-/m1/s1. The summed E-state index contributed by atoms with van der Waals surface area (Å²) in [5.41, 5.74) is 0.0735. The van der Waals surface area contributed by atoms with E-state index in [1.807, 2.05) is 6.92 Å². The minimum Gasteiger partial charge on any atom is -0.391 e. The van der Waals surface area contributed by atoms with Crippen molar-refractivity contribution in [3.8, 4) is 0 Å². The maximum Gasteiger partial charge on any atom is 0.246 e. The lowest BCUT2D eigenvalue weighted by Gasteiger charge is -2.22. The Bertz CT molecular complexity index is 187. The fraction of sp³-hybridized carbons (Fsp3) is 0.909. The maximum absolute atomic E-state index is 11.1. The van der Waals surface area contributed by atoms with E-state index in [1.165, 1.54) is 0 Å². The van der Waals surface area contributed by atoms with E-state index in [4.69, 9.17) is 4.74 Å². The number of hydrogen-bond acceptors (Lipinski definition) is 3. The molecule has 1 amide bonds. The third-order valence-electron chi connectivity index (χ3n) is 1.82. The van der Waals surface area contributed by atoms with Crippen LogP contribution in [0.25, 0.3) is 0 Å². The van der Waals surface area contributed by atoms with Gasteiger partial charge in [0, 0.05) is 13.2 Å². The zero-order valence-electron chi connectivity index (χ0n) is 10.2. The van der Waals surface area contributed by atoms with Gasteiger partial charge in [-0.1, -0.05) is 20.8 Å². The van der Waals surface area contributed by atoms with Crippen LogP contribution >= 0.6 is 0 Å². The van der Waals surface area contributed by atoms with E-state index in [0.29, 0.717) is 19.6 Å². The molecule has 0 heterocycles. The van der Waals surface area contributed by atoms with Gasteiger partial charge in [0.2, 0.25) is 5.91 Å². The third kappa shape index (κ3) is 9.69. The normalized spacial score (nSPS) is 13.7. The van der Waals surface area contributed by atoms with Crippen LogP contribution in [0.3, 0.4) is 0 Å². The molecule has 4 nitrogen and oxygen atoms in total. The molecule has 0 aromatic heterocycles. The molecule has 0 aliphatic carbocycles. The lowest BCUT2D eigenvalue weighted by molar-refractivity contribution is -0.126. The Morgan fingerprint density at radius 2 is 2.07 bits per heavy atom. The molecule has 1 atom stereocenters. The fourth-order valence-electron chi connectivity index (χ4n) is 1.26. The summed E-state index contributed by atoms with van der Waals surface area (Å²) < 4.78 is 4.93. The zero-order valence-corrected chi connectivity index (χ0v) is 10.2. The molecule has 0 aromatic rings. The van der Waals surface area contributed by atoms with Crippen LogP contribution < -0.4 is 5.32 Å². The highest BCUT2D eigenvalue weighted by molar-refractivity contribution is 5.77. The van der Waals surface area contributed by atoms with Crippen LogP contribution in [-0.2, 0) is 9.53 Å². The number of carbonyl (C=O) groups is 1. The van der Waals surface area contributed by atoms with Crippen molar-refractivity contribution in [2.24, 2.45) is 5.41 Å². The molecular weight excluding hydrogens is 194 g/mol. The average Bonchev–Trinajstić information content (AvgIpc) is 2.08. The number of carbonyl (C=O) groups excluding carboxylic acids is 1. The molecule has 0 aliphatic rings. The van der Waals surface area contributed by atoms with Crippen molar-refractivity contribution >= 4 is 5.91 Å². The summed E-state index contributed by atoms with van der Waals surface area (Å²) in [6.07, 6.45) is 0.178. The molecule has 0 radical (unpaired) electrons. The Hall–Kier alpha value is -0.610. The topological polar surface area (TPSA) is 58.6 Å².